The van der Waals surface area contributed by atoms with Crippen LogP contribution in [0.25, 0.3) is 0 Å². The number of carbonyl (C=O) groups excluding carboxylic acids is 2. The lowest BCUT2D eigenvalue weighted by molar-refractivity contribution is -0.120. The van der Waals surface area contributed by atoms with Gasteiger partial charge < -0.3 is 11.1 Å². The Bertz CT molecular complexity index is 750. The zero-order chi connectivity index (χ0) is 23.9. The molecule has 3 N–H and O–H groups in total. The lowest BCUT2D eigenvalue weighted by Crippen LogP contribution is -2.35. The summed E-state index contributed by atoms with van der Waals surface area (Å²) in [5, 5.41) is 7.21. The van der Waals surface area contributed by atoms with Gasteiger partial charge in [-0.15, -0.1) is 0 Å². The molecule has 6 nitrogen and oxygen atoms in total. The van der Waals surface area contributed by atoms with Crippen LogP contribution < -0.4 is 11.1 Å². The Morgan fingerprint density at radius 2 is 1.53 bits per heavy atom. The maximum atomic E-state index is 12.9. The average Bonchev–Trinajstić information content (AvgIpc) is 3.08. The van der Waals surface area contributed by atoms with Crippen molar-refractivity contribution in [3.05, 3.63) is 47.3 Å². The predicted molar refractivity (Wildman–Crippen MR) is 128 cm³/mol. The number of aromatic nitrogens is 2. The van der Waals surface area contributed by atoms with Crippen molar-refractivity contribution in [2.24, 2.45) is 12.8 Å². The van der Waals surface area contributed by atoms with Gasteiger partial charge in [0, 0.05) is 7.05 Å². The molecule has 2 rings (SSSR count). The van der Waals surface area contributed by atoms with Gasteiger partial charge in [-0.1, -0.05) is 85.2 Å². The Morgan fingerprint density at radius 3 is 1.97 bits per heavy atom. The molecule has 0 aliphatic carbocycles. The fourth-order valence-electron chi connectivity index (χ4n) is 2.66. The highest BCUT2D eigenvalue weighted by Crippen LogP contribution is 2.28. The summed E-state index contributed by atoms with van der Waals surface area (Å²) in [5.41, 5.74) is 6.92. The van der Waals surface area contributed by atoms with E-state index < -0.39 is 11.3 Å². The summed E-state index contributed by atoms with van der Waals surface area (Å²) in [4.78, 5) is 24.6. The molecule has 0 radical (unpaired) electrons. The minimum atomic E-state index is -0.754. The van der Waals surface area contributed by atoms with Crippen LogP contribution >= 0.6 is 0 Å². The minimum Gasteiger partial charge on any atom is -0.364 e. The van der Waals surface area contributed by atoms with E-state index in [2.05, 4.69) is 10.4 Å². The van der Waals surface area contributed by atoms with Crippen LogP contribution in [-0.2, 0) is 23.7 Å². The number of nitrogens with zero attached hydrogens (tertiary/aromatic N) is 2. The summed E-state index contributed by atoms with van der Waals surface area (Å²) in [5.74, 6) is -0.818. The van der Waals surface area contributed by atoms with Gasteiger partial charge in [0.25, 0.3) is 5.91 Å². The predicted octanol–water partition coefficient (Wildman–Crippen LogP) is 5.47. The van der Waals surface area contributed by atoms with Crippen LogP contribution in [0, 0.1) is 0 Å². The van der Waals surface area contributed by atoms with E-state index in [4.69, 9.17) is 5.73 Å². The maximum Gasteiger partial charge on any atom is 0.269 e. The normalized spacial score (nSPS) is 9.67. The number of benzene rings is 1. The molecule has 1 aromatic heterocycles. The Hall–Kier alpha value is -2.63. The zero-order valence-corrected chi connectivity index (χ0v) is 20.6. The fourth-order valence-corrected chi connectivity index (χ4v) is 2.66. The van der Waals surface area contributed by atoms with Gasteiger partial charge in [0.15, 0.2) is 0 Å². The van der Waals surface area contributed by atoms with Gasteiger partial charge in [0.05, 0.1) is 16.8 Å². The number of nitrogens with two attached hydrogens (primary N) is 1. The number of amides is 2. The van der Waals surface area contributed by atoms with Gasteiger partial charge in [-0.2, -0.15) is 5.10 Å². The lowest BCUT2D eigenvalue weighted by atomic mass is 9.83. The summed E-state index contributed by atoms with van der Waals surface area (Å²) in [7, 11) is 1.65. The summed E-state index contributed by atoms with van der Waals surface area (Å²) in [6, 6.07) is 9.51. The molecule has 0 saturated heterocycles. The van der Waals surface area contributed by atoms with Crippen molar-refractivity contribution in [2.75, 3.05) is 5.32 Å². The van der Waals surface area contributed by atoms with Crippen LogP contribution in [-0.4, -0.2) is 21.6 Å². The standard InChI is InChI=1S/C18H24N4O2.3C2H6/c1-5-9-13-14(15(16(19)23)22(4)21-13)20-17(24)18(2,3)12-10-7-6-8-11-12;3*1-2/h6-8,10-11H,5,9H2,1-4H3,(H2,19,23)(H,20,24);3*1-2H3. The average molecular weight is 419 g/mol. The number of aryl methyl sites for hydroxylation is 2. The molecule has 0 fully saturated rings. The number of anilines is 1. The number of carbonyl (C=O) groups is 2. The first-order valence-electron chi connectivity index (χ1n) is 11.0. The van der Waals surface area contributed by atoms with Crippen molar-refractivity contribution in [3.8, 4) is 0 Å². The van der Waals surface area contributed by atoms with Crippen LogP contribution in [0.4, 0.5) is 5.69 Å². The smallest absolute Gasteiger partial charge is 0.269 e. The van der Waals surface area contributed by atoms with Crippen LogP contribution in [0.5, 0.6) is 0 Å². The first-order chi connectivity index (χ1) is 14.3. The van der Waals surface area contributed by atoms with Crippen molar-refractivity contribution in [2.45, 2.75) is 80.6 Å². The monoisotopic (exact) mass is 418 g/mol. The molecule has 0 unspecified atom stereocenters. The maximum absolute atomic E-state index is 12.9. The Morgan fingerprint density at radius 1 is 1.03 bits per heavy atom. The third kappa shape index (κ3) is 7.65. The van der Waals surface area contributed by atoms with Gasteiger partial charge in [-0.25, -0.2) is 0 Å². The molecule has 30 heavy (non-hydrogen) atoms. The Labute approximate surface area is 183 Å². The third-order valence-electron chi connectivity index (χ3n) is 4.14. The quantitative estimate of drug-likeness (QED) is 0.652. The van der Waals surface area contributed by atoms with E-state index in [1.807, 2.05) is 92.6 Å². The molecule has 2 amide bonds. The SMILES string of the molecule is CC.CC.CC.CCCc1nn(C)c(C(N)=O)c1NC(=O)C(C)(C)c1ccccc1. The highest BCUT2D eigenvalue weighted by molar-refractivity contribution is 6.05. The van der Waals surface area contributed by atoms with E-state index in [0.29, 0.717) is 17.8 Å². The molecular weight excluding hydrogens is 376 g/mol. The van der Waals surface area contributed by atoms with Gasteiger partial charge in [0.1, 0.15) is 5.69 Å². The largest absolute Gasteiger partial charge is 0.364 e. The number of primary amides is 1. The zero-order valence-electron chi connectivity index (χ0n) is 20.6. The van der Waals surface area contributed by atoms with E-state index in [0.717, 1.165) is 12.0 Å². The molecule has 0 aliphatic heterocycles. The summed E-state index contributed by atoms with van der Waals surface area (Å²) < 4.78 is 1.43. The van der Waals surface area contributed by atoms with E-state index in [1.54, 1.807) is 7.05 Å². The highest BCUT2D eigenvalue weighted by Gasteiger charge is 2.32. The molecule has 2 aromatic rings. The van der Waals surface area contributed by atoms with Crippen LogP contribution in [0.2, 0.25) is 0 Å². The molecule has 0 saturated carbocycles. The van der Waals surface area contributed by atoms with Crippen molar-refractivity contribution in [1.29, 1.82) is 0 Å². The Balaban J connectivity index is 0. The van der Waals surface area contributed by atoms with E-state index in [1.165, 1.54) is 4.68 Å². The number of hydrogen-bond acceptors (Lipinski definition) is 3. The molecule has 1 aromatic carbocycles. The number of nitrogens with one attached hydrogen (secondary N) is 1. The van der Waals surface area contributed by atoms with Gasteiger partial charge in [-0.05, 0) is 25.8 Å². The van der Waals surface area contributed by atoms with E-state index in [-0.39, 0.29) is 11.6 Å². The van der Waals surface area contributed by atoms with Gasteiger partial charge in [0.2, 0.25) is 5.91 Å². The Kier molecular flexibility index (Phi) is 15.0. The molecular formula is C24H42N4O2. The second-order valence-electron chi connectivity index (χ2n) is 6.35. The third-order valence-corrected chi connectivity index (χ3v) is 4.14. The molecule has 170 valence electrons. The van der Waals surface area contributed by atoms with Crippen LogP contribution in [0.3, 0.4) is 0 Å². The van der Waals surface area contributed by atoms with Gasteiger partial charge in [-0.3, -0.25) is 14.3 Å². The number of hydrogen-bond donors (Lipinski definition) is 2. The molecule has 0 bridgehead atoms. The van der Waals surface area contributed by atoms with Crippen molar-refractivity contribution >= 4 is 17.5 Å². The molecule has 6 heteroatoms. The lowest BCUT2D eigenvalue weighted by Gasteiger charge is -2.24. The first kappa shape index (κ1) is 29.6. The minimum absolute atomic E-state index is 0.207. The summed E-state index contributed by atoms with van der Waals surface area (Å²) in [6.45, 7) is 17.7. The number of rotatable bonds is 6. The molecule has 1 heterocycles. The van der Waals surface area contributed by atoms with Crippen molar-refractivity contribution in [3.63, 3.8) is 0 Å². The molecule has 0 spiro atoms. The first-order valence-corrected chi connectivity index (χ1v) is 11.0. The van der Waals surface area contributed by atoms with Crippen molar-refractivity contribution < 1.29 is 9.59 Å². The highest BCUT2D eigenvalue weighted by atomic mass is 16.2. The fraction of sp³-hybridized carbons (Fsp3) is 0.542. The summed E-state index contributed by atoms with van der Waals surface area (Å²) in [6.07, 6.45) is 1.50. The molecule has 0 atom stereocenters. The topological polar surface area (TPSA) is 90.0 Å². The van der Waals surface area contributed by atoms with E-state index >= 15 is 0 Å². The summed E-state index contributed by atoms with van der Waals surface area (Å²) >= 11 is 0. The second kappa shape index (κ2) is 15.2. The van der Waals surface area contributed by atoms with Crippen molar-refractivity contribution in [1.82, 2.24) is 9.78 Å². The second-order valence-corrected chi connectivity index (χ2v) is 6.35. The van der Waals surface area contributed by atoms with E-state index in [9.17, 15) is 9.59 Å². The van der Waals surface area contributed by atoms with Gasteiger partial charge >= 0.3 is 0 Å². The molecule has 0 aliphatic rings. The van der Waals surface area contributed by atoms with Crippen LogP contribution in [0.1, 0.15) is 90.5 Å². The van der Waals surface area contributed by atoms with Crippen LogP contribution in [0.15, 0.2) is 30.3 Å².